The van der Waals surface area contributed by atoms with Gasteiger partial charge < -0.3 is 5.32 Å². The van der Waals surface area contributed by atoms with Crippen molar-refractivity contribution < 1.29 is 9.72 Å². The minimum absolute atomic E-state index is 0.00184. The molecule has 0 bridgehead atoms. The standard InChI is InChI=1S/C28H21N5O3S3/c34-26(31-16-19-6-2-1-3-7-19)18-37-28-32-22-11-10-21(15-25(22)39-28)30-17-20-9-12-24(23(14-20)33(35)36)38-27-8-4-5-13-29-27/h1-15,17H,16,18H2,(H,31,34). The summed E-state index contributed by atoms with van der Waals surface area (Å²) >= 11 is 4.14. The highest BCUT2D eigenvalue weighted by molar-refractivity contribution is 8.01. The Labute approximate surface area is 236 Å². The zero-order valence-electron chi connectivity index (χ0n) is 20.4. The van der Waals surface area contributed by atoms with Gasteiger partial charge in [-0.05, 0) is 47.5 Å². The maximum atomic E-state index is 12.2. The number of thiazole rings is 1. The number of carbonyl (C=O) groups is 1. The molecule has 0 spiro atoms. The number of nitrogens with zero attached hydrogens (tertiary/aromatic N) is 4. The van der Waals surface area contributed by atoms with Crippen molar-refractivity contribution in [3.63, 3.8) is 0 Å². The minimum atomic E-state index is -0.396. The Morgan fingerprint density at radius 2 is 1.90 bits per heavy atom. The van der Waals surface area contributed by atoms with Crippen LogP contribution >= 0.6 is 34.9 Å². The van der Waals surface area contributed by atoms with E-state index in [0.29, 0.717) is 27.7 Å². The van der Waals surface area contributed by atoms with Gasteiger partial charge in [-0.1, -0.05) is 66.0 Å². The lowest BCUT2D eigenvalue weighted by Crippen LogP contribution is -2.24. The number of hydrogen-bond acceptors (Lipinski definition) is 9. The predicted octanol–water partition coefficient (Wildman–Crippen LogP) is 6.91. The second kappa shape index (κ2) is 12.7. The van der Waals surface area contributed by atoms with E-state index in [4.69, 9.17) is 0 Å². The first-order valence-electron chi connectivity index (χ1n) is 11.8. The van der Waals surface area contributed by atoms with Crippen LogP contribution in [0.1, 0.15) is 11.1 Å². The first-order valence-corrected chi connectivity index (χ1v) is 14.4. The van der Waals surface area contributed by atoms with Crippen LogP contribution < -0.4 is 5.32 Å². The van der Waals surface area contributed by atoms with Crippen molar-refractivity contribution >= 4 is 68.6 Å². The number of aromatic nitrogens is 2. The molecule has 5 aromatic rings. The largest absolute Gasteiger partial charge is 0.351 e. The zero-order chi connectivity index (χ0) is 27.0. The quantitative estimate of drug-likeness (QED) is 0.0839. The number of thioether (sulfide) groups is 1. The fourth-order valence-electron chi connectivity index (χ4n) is 3.52. The third-order valence-corrected chi connectivity index (χ3v) is 8.58. The summed E-state index contributed by atoms with van der Waals surface area (Å²) in [6.45, 7) is 0.496. The van der Waals surface area contributed by atoms with Crippen molar-refractivity contribution in [2.45, 2.75) is 20.8 Å². The lowest BCUT2D eigenvalue weighted by atomic mass is 10.2. The predicted molar refractivity (Wildman–Crippen MR) is 157 cm³/mol. The number of aliphatic imine (C=N–C) groups is 1. The van der Waals surface area contributed by atoms with E-state index >= 15 is 0 Å². The monoisotopic (exact) mass is 571 g/mol. The summed E-state index contributed by atoms with van der Waals surface area (Å²) in [6, 6.07) is 25.9. The van der Waals surface area contributed by atoms with Gasteiger partial charge in [-0.2, -0.15) is 0 Å². The molecular formula is C28H21N5O3S3. The number of rotatable bonds is 10. The number of amides is 1. The summed E-state index contributed by atoms with van der Waals surface area (Å²) in [5.41, 5.74) is 3.21. The molecule has 8 nitrogen and oxygen atoms in total. The summed E-state index contributed by atoms with van der Waals surface area (Å²) < 4.78 is 1.75. The molecule has 0 aliphatic carbocycles. The first kappa shape index (κ1) is 26.5. The normalized spacial score (nSPS) is 11.2. The number of hydrogen-bond donors (Lipinski definition) is 1. The zero-order valence-corrected chi connectivity index (χ0v) is 22.8. The topological polar surface area (TPSA) is 110 Å². The third kappa shape index (κ3) is 7.29. The maximum absolute atomic E-state index is 12.2. The molecule has 0 atom stereocenters. The Hall–Kier alpha value is -4.06. The van der Waals surface area contributed by atoms with Gasteiger partial charge in [0.25, 0.3) is 5.69 Å². The molecule has 3 aromatic carbocycles. The number of nitro groups is 1. The van der Waals surface area contributed by atoms with E-state index in [1.807, 2.05) is 60.7 Å². The number of nitro benzene ring substituents is 1. The van der Waals surface area contributed by atoms with Crippen LogP contribution in [0.25, 0.3) is 10.2 Å². The van der Waals surface area contributed by atoms with Crippen LogP contribution in [0.3, 0.4) is 0 Å². The Morgan fingerprint density at radius 1 is 1.05 bits per heavy atom. The van der Waals surface area contributed by atoms with Gasteiger partial charge in [-0.25, -0.2) is 9.97 Å². The van der Waals surface area contributed by atoms with E-state index in [2.05, 4.69) is 20.3 Å². The molecule has 194 valence electrons. The van der Waals surface area contributed by atoms with Gasteiger partial charge in [-0.15, -0.1) is 11.3 Å². The molecule has 1 amide bonds. The number of benzene rings is 3. The Morgan fingerprint density at radius 3 is 2.69 bits per heavy atom. The summed E-state index contributed by atoms with van der Waals surface area (Å²) in [4.78, 5) is 37.4. The molecule has 1 N–H and O–H groups in total. The van der Waals surface area contributed by atoms with Gasteiger partial charge in [-0.3, -0.25) is 19.9 Å². The number of pyridine rings is 1. The maximum Gasteiger partial charge on any atom is 0.283 e. The molecule has 0 saturated carbocycles. The van der Waals surface area contributed by atoms with Gasteiger partial charge in [0.1, 0.15) is 5.03 Å². The second-order valence-electron chi connectivity index (χ2n) is 8.20. The number of fused-ring (bicyclic) bond motifs is 1. The van der Waals surface area contributed by atoms with Crippen LogP contribution in [0.5, 0.6) is 0 Å². The van der Waals surface area contributed by atoms with E-state index in [9.17, 15) is 14.9 Å². The van der Waals surface area contributed by atoms with Gasteiger partial charge >= 0.3 is 0 Å². The van der Waals surface area contributed by atoms with Crippen LogP contribution in [0, 0.1) is 10.1 Å². The van der Waals surface area contributed by atoms with Crippen molar-refractivity contribution in [1.29, 1.82) is 0 Å². The Kier molecular flexibility index (Phi) is 8.61. The van der Waals surface area contributed by atoms with Crippen molar-refractivity contribution in [2.75, 3.05) is 5.75 Å². The molecule has 2 heterocycles. The molecule has 0 aliphatic heterocycles. The van der Waals surface area contributed by atoms with Crippen molar-refractivity contribution in [2.24, 2.45) is 4.99 Å². The molecule has 11 heteroatoms. The van der Waals surface area contributed by atoms with Crippen LogP contribution in [-0.2, 0) is 11.3 Å². The molecule has 5 rings (SSSR count). The summed E-state index contributed by atoms with van der Waals surface area (Å²) in [6.07, 6.45) is 3.26. The highest BCUT2D eigenvalue weighted by atomic mass is 32.2. The van der Waals surface area contributed by atoms with Gasteiger partial charge in [0.15, 0.2) is 4.34 Å². The second-order valence-corrected chi connectivity index (χ2v) is 11.5. The van der Waals surface area contributed by atoms with Gasteiger partial charge in [0, 0.05) is 25.0 Å². The molecule has 2 aromatic heterocycles. The Bertz CT molecular complexity index is 1640. The summed E-state index contributed by atoms with van der Waals surface area (Å²) in [5, 5.41) is 15.3. The van der Waals surface area contributed by atoms with E-state index in [1.54, 1.807) is 30.6 Å². The van der Waals surface area contributed by atoms with E-state index in [-0.39, 0.29) is 17.3 Å². The number of carbonyl (C=O) groups excluding carboxylic acids is 1. The van der Waals surface area contributed by atoms with Gasteiger partial charge in [0.2, 0.25) is 5.91 Å². The molecule has 0 fully saturated rings. The molecule has 0 unspecified atom stereocenters. The minimum Gasteiger partial charge on any atom is -0.351 e. The van der Waals surface area contributed by atoms with Crippen molar-refractivity contribution in [3.8, 4) is 0 Å². The average Bonchev–Trinajstić information content (AvgIpc) is 3.38. The molecule has 0 radical (unpaired) electrons. The highest BCUT2D eigenvalue weighted by Crippen LogP contribution is 2.35. The number of nitrogens with one attached hydrogen (secondary N) is 1. The van der Waals surface area contributed by atoms with E-state index in [0.717, 1.165) is 20.1 Å². The van der Waals surface area contributed by atoms with Crippen LogP contribution in [0.2, 0.25) is 0 Å². The molecular weight excluding hydrogens is 551 g/mol. The Balaban J connectivity index is 1.22. The summed E-state index contributed by atoms with van der Waals surface area (Å²) in [5.74, 6) is 0.234. The smallest absolute Gasteiger partial charge is 0.283 e. The van der Waals surface area contributed by atoms with Crippen LogP contribution in [0.4, 0.5) is 11.4 Å². The molecule has 39 heavy (non-hydrogen) atoms. The van der Waals surface area contributed by atoms with Gasteiger partial charge in [0.05, 0.1) is 31.5 Å². The molecule has 0 aliphatic rings. The van der Waals surface area contributed by atoms with E-state index < -0.39 is 4.92 Å². The fraction of sp³-hybridized carbons (Fsp3) is 0.0714. The fourth-order valence-corrected chi connectivity index (χ4v) is 6.31. The molecule has 0 saturated heterocycles. The third-order valence-electron chi connectivity index (χ3n) is 5.41. The lowest BCUT2D eigenvalue weighted by Gasteiger charge is -2.03. The summed E-state index contributed by atoms with van der Waals surface area (Å²) in [7, 11) is 0. The van der Waals surface area contributed by atoms with Crippen LogP contribution in [-0.4, -0.2) is 32.8 Å². The van der Waals surface area contributed by atoms with Crippen molar-refractivity contribution in [3.05, 3.63) is 112 Å². The van der Waals surface area contributed by atoms with E-state index in [1.165, 1.54) is 40.9 Å². The highest BCUT2D eigenvalue weighted by Gasteiger charge is 2.16. The van der Waals surface area contributed by atoms with Crippen LogP contribution in [0.15, 0.2) is 110 Å². The lowest BCUT2D eigenvalue weighted by molar-refractivity contribution is -0.387. The van der Waals surface area contributed by atoms with Crippen molar-refractivity contribution in [1.82, 2.24) is 15.3 Å². The average molecular weight is 572 g/mol. The SMILES string of the molecule is O=C(CSc1nc2ccc(N=Cc3ccc(Sc4ccccn4)c([N+](=O)[O-])c3)cc2s1)NCc1ccccc1. The first-order chi connectivity index (χ1) is 19.0.